The van der Waals surface area contributed by atoms with Gasteiger partial charge in [-0.15, -0.1) is 33.3 Å². The minimum atomic E-state index is -2.26. The Kier molecular flexibility index (Phi) is 36.1. The second kappa shape index (κ2) is 43.3. The van der Waals surface area contributed by atoms with Crippen molar-refractivity contribution in [1.82, 2.24) is 19.9 Å². The van der Waals surface area contributed by atoms with Crippen molar-refractivity contribution >= 4 is 125 Å². The Labute approximate surface area is 754 Å². The number of hydrogen-bond donors (Lipinski definition) is 0. The molecule has 0 N–H and O–H groups in total. The SMILES string of the molecule is CC(C)C[Si](C#Cc1cc2c3nc4c(C#C[Si](CC(C)C)(CC(C)C)CC(C)C)ccc(C#C[Si](CC(C)C)(CC(C)C)CC(C)C)c4nc3c3cc(C#C[Si](CC(C)C)(CC(C)C)CC(C)C)cc4c5nc6c(C#C[Si](CC(C)C)(CC(C)C)CC(C)C)ccc(C#C[Si](CC(C)C)(CC(C)C)CC(C)C)c6nc5c(c1)c2c34)(CC(C)C)CC(C)C. The minimum absolute atomic E-state index is 0.522. The van der Waals surface area contributed by atoms with Gasteiger partial charge in [0.25, 0.3) is 0 Å². The monoisotopic (exact) mass is 1740 g/mol. The molecule has 4 nitrogen and oxygen atoms in total. The van der Waals surface area contributed by atoms with E-state index in [-0.39, 0.29) is 0 Å². The molecule has 0 unspecified atom stereocenters. The standard InChI is InChI=1S/C112H170N4Si6/c1-75(2)57-117(58-76(3)4,59-77(5)6)47-41-93-53-99-103-100(54-93)110-112(116-108-98(46-52-122(72-90(31)32,73-91(33)34)74-92(35)36)40-38-96(106(108)114-110)44-50-120(66-84(19)20,67-85(21)22)68-86(23)24)102-56-94(42-48-118(60-78(7)8,61-79(9)10)62-80(11)12)55-101(104(102)103)111-109(99)113-105-95(43-49-119(63-81(13)14,64-82(15)16)65-83(17)18)37-39-97(107(105)115-111)45-51-121(69-87(25)26,70-88(27)28)71-89(29)30/h37-40,53-56,75-92H,57-74H2,1-36H3. The summed E-state index contributed by atoms with van der Waals surface area (Å²) in [4.78, 5) is 25.4. The van der Waals surface area contributed by atoms with Crippen LogP contribution in [0.5, 0.6) is 0 Å². The van der Waals surface area contributed by atoms with Gasteiger partial charge in [0.1, 0.15) is 70.5 Å². The quantitative estimate of drug-likeness (QED) is 0.0170. The van der Waals surface area contributed by atoms with Crippen molar-refractivity contribution in [2.45, 2.75) is 358 Å². The maximum atomic E-state index is 6.36. The fourth-order valence-corrected chi connectivity index (χ4v) is 59.2. The van der Waals surface area contributed by atoms with E-state index in [0.29, 0.717) is 107 Å². The summed E-state index contributed by atoms with van der Waals surface area (Å²) in [7, 11) is -13.4. The van der Waals surface area contributed by atoms with Crippen LogP contribution in [0.25, 0.3) is 76.5 Å². The van der Waals surface area contributed by atoms with Crippen LogP contribution in [-0.2, 0) is 0 Å². The van der Waals surface area contributed by atoms with Gasteiger partial charge in [-0.25, -0.2) is 19.9 Å². The van der Waals surface area contributed by atoms with E-state index in [2.05, 4.69) is 367 Å². The summed E-state index contributed by atoms with van der Waals surface area (Å²) in [6.45, 7) is 87.2. The molecule has 2 aromatic heterocycles. The summed E-state index contributed by atoms with van der Waals surface area (Å²) in [5, 5.41) is 6.42. The lowest BCUT2D eigenvalue weighted by molar-refractivity contribution is 0.650. The van der Waals surface area contributed by atoms with Crippen LogP contribution in [0.3, 0.4) is 0 Å². The first kappa shape index (κ1) is 102. The van der Waals surface area contributed by atoms with E-state index >= 15 is 0 Å². The lowest BCUT2D eigenvalue weighted by Crippen LogP contribution is -2.37. The number of aromatic nitrogens is 4. The van der Waals surface area contributed by atoms with Crippen LogP contribution in [0, 0.1) is 175 Å². The maximum Gasteiger partial charge on any atom is 0.139 e. The van der Waals surface area contributed by atoms with Gasteiger partial charge in [0.15, 0.2) is 0 Å². The van der Waals surface area contributed by atoms with Gasteiger partial charge in [0, 0.05) is 43.4 Å². The molecule has 662 valence electrons. The van der Waals surface area contributed by atoms with E-state index in [1.807, 2.05) is 0 Å². The third-order valence-corrected chi connectivity index (χ3v) is 57.1. The van der Waals surface area contributed by atoms with E-state index in [1.54, 1.807) is 0 Å². The Morgan fingerprint density at radius 2 is 0.303 bits per heavy atom. The summed E-state index contributed by atoms with van der Waals surface area (Å²) in [6, 6.07) is 39.9. The maximum absolute atomic E-state index is 6.36. The van der Waals surface area contributed by atoms with Gasteiger partial charge in [-0.2, -0.15) is 0 Å². The van der Waals surface area contributed by atoms with Crippen LogP contribution < -0.4 is 0 Å². The molecule has 0 saturated carbocycles. The van der Waals surface area contributed by atoms with Crippen LogP contribution in [-0.4, -0.2) is 68.4 Å². The summed E-state index contributed by atoms with van der Waals surface area (Å²) in [6.07, 6.45) is 0. The highest BCUT2D eigenvalue weighted by Gasteiger charge is 2.41. The van der Waals surface area contributed by atoms with Crippen molar-refractivity contribution in [3.8, 4) is 68.8 Å². The Balaban J connectivity index is 1.82. The number of nitrogens with zero attached hydrogens (tertiary/aromatic N) is 4. The van der Waals surface area contributed by atoms with Crippen LogP contribution in [0.15, 0.2) is 48.5 Å². The fraction of sp³-hybridized carbons (Fsp3) is 0.643. The van der Waals surface area contributed by atoms with E-state index in [4.69, 9.17) is 19.9 Å². The molecule has 0 spiro atoms. The normalized spacial score (nSPS) is 13.1. The molecule has 122 heavy (non-hydrogen) atoms. The molecule has 2 heterocycles. The number of fused-ring (bicyclic) bond motifs is 8. The molecular formula is C112H170N4Si6. The molecular weight excluding hydrogens is 1570 g/mol. The smallest absolute Gasteiger partial charge is 0.139 e. The molecule has 0 saturated heterocycles. The van der Waals surface area contributed by atoms with Gasteiger partial charge >= 0.3 is 0 Å². The molecule has 6 aromatic carbocycles. The fourth-order valence-electron chi connectivity index (χ4n) is 23.8. The highest BCUT2D eigenvalue weighted by atomic mass is 28.3. The van der Waals surface area contributed by atoms with Crippen molar-refractivity contribution in [1.29, 1.82) is 0 Å². The molecule has 0 aliphatic rings. The lowest BCUT2D eigenvalue weighted by atomic mass is 9.88. The topological polar surface area (TPSA) is 51.6 Å². The van der Waals surface area contributed by atoms with Gasteiger partial charge in [0.05, 0.1) is 44.3 Å². The zero-order chi connectivity index (χ0) is 90.6. The third kappa shape index (κ3) is 27.6. The van der Waals surface area contributed by atoms with Crippen molar-refractivity contribution in [3.63, 3.8) is 0 Å². The summed E-state index contributed by atoms with van der Waals surface area (Å²) < 4.78 is 0. The zero-order valence-corrected chi connectivity index (χ0v) is 90.5. The molecule has 0 amide bonds. The first-order valence-electron chi connectivity index (χ1n) is 49.2. The number of hydrogen-bond acceptors (Lipinski definition) is 4. The molecule has 0 atom stereocenters. The molecule has 8 rings (SSSR count). The van der Waals surface area contributed by atoms with Gasteiger partial charge in [-0.1, -0.05) is 285 Å². The van der Waals surface area contributed by atoms with Crippen LogP contribution in [0.2, 0.25) is 109 Å². The molecule has 0 radical (unpaired) electrons. The van der Waals surface area contributed by atoms with E-state index in [0.717, 1.165) is 146 Å². The Morgan fingerprint density at radius 3 is 0.426 bits per heavy atom. The Morgan fingerprint density at radius 1 is 0.180 bits per heavy atom. The Bertz CT molecular complexity index is 4540. The van der Waals surface area contributed by atoms with Crippen molar-refractivity contribution in [2.75, 3.05) is 0 Å². The molecule has 8 aromatic rings. The van der Waals surface area contributed by atoms with Crippen LogP contribution in [0.1, 0.15) is 283 Å². The highest BCUT2D eigenvalue weighted by Crippen LogP contribution is 2.48. The lowest BCUT2D eigenvalue weighted by Gasteiger charge is -2.31. The third-order valence-electron chi connectivity index (χ3n) is 24.4. The van der Waals surface area contributed by atoms with Crippen molar-refractivity contribution in [3.05, 3.63) is 81.9 Å². The average molecular weight is 1740 g/mol. The zero-order valence-electron chi connectivity index (χ0n) is 84.5. The second-order valence-corrected chi connectivity index (χ2v) is 71.6. The van der Waals surface area contributed by atoms with E-state index in [1.165, 1.54) is 72.5 Å². The average Bonchev–Trinajstić information content (AvgIpc) is 0.688. The molecule has 0 fully saturated rings. The molecule has 10 heteroatoms. The van der Waals surface area contributed by atoms with E-state index < -0.39 is 48.4 Å². The largest absolute Gasteiger partial charge is 0.242 e. The number of benzene rings is 6. The predicted octanol–water partition coefficient (Wildman–Crippen LogP) is 32.6. The highest BCUT2D eigenvalue weighted by molar-refractivity contribution is 6.90. The van der Waals surface area contributed by atoms with Gasteiger partial charge in [-0.05, 0) is 264 Å². The first-order valence-corrected chi connectivity index (χ1v) is 64.9. The van der Waals surface area contributed by atoms with Crippen molar-refractivity contribution in [2.24, 2.45) is 107 Å². The van der Waals surface area contributed by atoms with Crippen molar-refractivity contribution < 1.29 is 0 Å². The van der Waals surface area contributed by atoms with Gasteiger partial charge < -0.3 is 0 Å². The molecule has 0 bridgehead atoms. The summed E-state index contributed by atoms with van der Waals surface area (Å²) in [5.74, 6) is 34.3. The number of rotatable bonds is 36. The predicted molar refractivity (Wildman–Crippen MR) is 561 cm³/mol. The summed E-state index contributed by atoms with van der Waals surface area (Å²) >= 11 is 0. The van der Waals surface area contributed by atoms with Gasteiger partial charge in [-0.3, -0.25) is 0 Å². The van der Waals surface area contributed by atoms with Crippen LogP contribution >= 0.6 is 0 Å². The van der Waals surface area contributed by atoms with E-state index in [9.17, 15) is 0 Å². The molecule has 0 aliphatic carbocycles. The minimum Gasteiger partial charge on any atom is -0.242 e. The first-order chi connectivity index (χ1) is 56.9. The summed E-state index contributed by atoms with van der Waals surface area (Å²) in [5.41, 5.74) is 38.6. The second-order valence-electron chi connectivity index (χ2n) is 47.4. The Hall–Kier alpha value is -5.78. The van der Waals surface area contributed by atoms with Gasteiger partial charge in [0.2, 0.25) is 0 Å². The molecule has 0 aliphatic heterocycles. The van der Waals surface area contributed by atoms with Crippen LogP contribution in [0.4, 0.5) is 0 Å².